The summed E-state index contributed by atoms with van der Waals surface area (Å²) in [5.41, 5.74) is 6.57. The van der Waals surface area contributed by atoms with E-state index >= 15 is 0 Å². The molecule has 0 aliphatic carbocycles. The Labute approximate surface area is 193 Å². The first-order chi connectivity index (χ1) is 16.1. The van der Waals surface area contributed by atoms with Crippen molar-refractivity contribution >= 4 is 36.2 Å². The molecule has 0 aliphatic heterocycles. The molecule has 192 valence electrons. The quantitative estimate of drug-likeness (QED) is 0.239. The molecule has 5 N–H and O–H groups in total. The zero-order chi connectivity index (χ0) is 26.1. The number of fused-ring (bicyclic) bond motifs is 1. The highest BCUT2D eigenvalue weighted by Gasteiger charge is 2.59. The summed E-state index contributed by atoms with van der Waals surface area (Å²) in [5, 5.41) is -0.892. The molecule has 0 aliphatic rings. The van der Waals surface area contributed by atoms with Crippen LogP contribution in [-0.4, -0.2) is 53.6 Å². The van der Waals surface area contributed by atoms with E-state index in [2.05, 4.69) is 25.0 Å². The van der Waals surface area contributed by atoms with E-state index in [1.807, 2.05) is 0 Å². The first-order valence-corrected chi connectivity index (χ1v) is 11.3. The van der Waals surface area contributed by atoms with Crippen molar-refractivity contribution in [3.63, 3.8) is 0 Å². The highest BCUT2D eigenvalue weighted by Crippen LogP contribution is 2.60. The van der Waals surface area contributed by atoms with Gasteiger partial charge in [0.05, 0.1) is 25.8 Å². The monoisotopic (exact) mass is 528 g/mol. The van der Waals surface area contributed by atoms with Gasteiger partial charge in [0.25, 0.3) is 0 Å². The van der Waals surface area contributed by atoms with E-state index in [0.29, 0.717) is 5.69 Å². The fourth-order valence-corrected chi connectivity index (χ4v) is 4.32. The fraction of sp³-hybridized carbons (Fsp3) is 0.389. The zero-order valence-electron chi connectivity index (χ0n) is 17.6. The number of nitrogen functional groups attached to an aromatic ring is 1. The molecule has 0 atom stereocenters. The first-order valence-electron chi connectivity index (χ1n) is 9.72. The lowest BCUT2D eigenvalue weighted by Gasteiger charge is -2.35. The van der Waals surface area contributed by atoms with E-state index in [0.717, 1.165) is 6.33 Å². The topological polar surface area (TPSA) is 148 Å². The average Bonchev–Trinajstić information content (AvgIpc) is 3.08. The van der Waals surface area contributed by atoms with Crippen LogP contribution in [0.2, 0.25) is 0 Å². The van der Waals surface area contributed by atoms with E-state index in [-0.39, 0.29) is 22.9 Å². The third-order valence-corrected chi connectivity index (χ3v) is 6.21. The predicted molar refractivity (Wildman–Crippen MR) is 112 cm³/mol. The Hall–Kier alpha value is -2.94. The number of anilines is 3. The molecule has 0 saturated heterocycles. The van der Waals surface area contributed by atoms with Gasteiger partial charge in [-0.2, -0.15) is 36.3 Å². The molecule has 3 rings (SSSR count). The summed E-state index contributed by atoms with van der Waals surface area (Å²) < 4.78 is 95.6. The van der Waals surface area contributed by atoms with Gasteiger partial charge in [-0.05, 0) is 12.1 Å². The Morgan fingerprint density at radius 1 is 1.03 bits per heavy atom. The largest absolute Gasteiger partial charge is 0.392 e. The van der Waals surface area contributed by atoms with Crippen LogP contribution in [-0.2, 0) is 15.8 Å². The number of alkyl halides is 6. The molecule has 0 radical (unpaired) electrons. The second-order valence-corrected chi connectivity index (χ2v) is 9.36. The summed E-state index contributed by atoms with van der Waals surface area (Å²) in [7, 11) is -6.05. The number of hydrogen-bond acceptors (Lipinski definition) is 7. The molecule has 3 aromatic rings. The highest BCUT2D eigenvalue weighted by atomic mass is 31.2. The molecule has 17 heteroatoms. The average molecular weight is 528 g/mol. The molecule has 35 heavy (non-hydrogen) atoms. The molecule has 0 amide bonds. The predicted octanol–water partition coefficient (Wildman–Crippen LogP) is 3.95. The van der Waals surface area contributed by atoms with Crippen LogP contribution in [0.25, 0.3) is 11.2 Å². The van der Waals surface area contributed by atoms with Crippen molar-refractivity contribution in [2.45, 2.75) is 37.1 Å². The van der Waals surface area contributed by atoms with Crippen molar-refractivity contribution in [1.82, 2.24) is 19.5 Å². The summed E-state index contributed by atoms with van der Waals surface area (Å²) >= 11 is 0. The van der Waals surface area contributed by atoms with Gasteiger partial charge in [-0.25, -0.2) is 4.98 Å². The number of ether oxygens (including phenoxy) is 1. The number of nitrogens with zero attached hydrogens (tertiary/aromatic N) is 4. The van der Waals surface area contributed by atoms with Crippen molar-refractivity contribution in [3.8, 4) is 0 Å². The van der Waals surface area contributed by atoms with E-state index in [9.17, 15) is 40.7 Å². The van der Waals surface area contributed by atoms with Crippen LogP contribution in [0.15, 0.2) is 36.7 Å². The van der Waals surface area contributed by atoms with E-state index in [1.54, 1.807) is 30.3 Å². The van der Waals surface area contributed by atoms with Crippen LogP contribution in [0.3, 0.4) is 0 Å². The van der Waals surface area contributed by atoms with Crippen LogP contribution >= 0.6 is 7.60 Å². The molecule has 0 fully saturated rings. The SMILES string of the molecule is Nc1nc(Nc2ccccc2)c2ncn(CCOC(CC(F)(F)F)(CC(F)(F)F)P(=O)(O)O)c2n1. The summed E-state index contributed by atoms with van der Waals surface area (Å²) in [6.07, 6.45) is -14.6. The second kappa shape index (κ2) is 9.60. The molecular weight excluding hydrogens is 509 g/mol. The van der Waals surface area contributed by atoms with Gasteiger partial charge in [0.2, 0.25) is 5.95 Å². The molecule has 0 unspecified atom stereocenters. The van der Waals surface area contributed by atoms with Crippen LogP contribution in [0.5, 0.6) is 0 Å². The molecule has 1 aromatic carbocycles. The Kier molecular flexibility index (Phi) is 7.32. The number of aromatic nitrogens is 4. The maximum atomic E-state index is 13.0. The van der Waals surface area contributed by atoms with Gasteiger partial charge in [0.1, 0.15) is 0 Å². The van der Waals surface area contributed by atoms with Crippen LogP contribution < -0.4 is 11.1 Å². The zero-order valence-corrected chi connectivity index (χ0v) is 18.5. The number of benzene rings is 1. The van der Waals surface area contributed by atoms with Crippen LogP contribution in [0.4, 0.5) is 43.8 Å². The summed E-state index contributed by atoms with van der Waals surface area (Å²) in [4.78, 5) is 30.9. The third kappa shape index (κ3) is 6.81. The lowest BCUT2D eigenvalue weighted by molar-refractivity contribution is -0.211. The van der Waals surface area contributed by atoms with Crippen molar-refractivity contribution in [1.29, 1.82) is 0 Å². The van der Waals surface area contributed by atoms with Crippen LogP contribution in [0.1, 0.15) is 12.8 Å². The molecule has 10 nitrogen and oxygen atoms in total. The Bertz CT molecular complexity index is 1200. The van der Waals surface area contributed by atoms with E-state index < -0.39 is 51.3 Å². The maximum Gasteiger partial charge on any atom is 0.392 e. The summed E-state index contributed by atoms with van der Waals surface area (Å²) in [5.74, 6) is -0.0330. The van der Waals surface area contributed by atoms with E-state index in [4.69, 9.17) is 5.73 Å². The Morgan fingerprint density at radius 3 is 2.17 bits per heavy atom. The fourth-order valence-electron chi connectivity index (χ4n) is 3.29. The van der Waals surface area contributed by atoms with Crippen molar-refractivity contribution < 1.29 is 45.4 Å². The number of hydrogen-bond donors (Lipinski definition) is 4. The lowest BCUT2D eigenvalue weighted by Crippen LogP contribution is -2.42. The summed E-state index contributed by atoms with van der Waals surface area (Å²) in [6, 6.07) is 8.71. The van der Waals surface area contributed by atoms with Gasteiger partial charge >= 0.3 is 19.9 Å². The minimum Gasteiger partial charge on any atom is -0.368 e. The van der Waals surface area contributed by atoms with Crippen molar-refractivity contribution in [2.75, 3.05) is 17.7 Å². The number of nitrogens with two attached hydrogens (primary N) is 1. The van der Waals surface area contributed by atoms with Gasteiger partial charge in [0.15, 0.2) is 22.3 Å². The minimum atomic E-state index is -6.05. The highest BCUT2D eigenvalue weighted by molar-refractivity contribution is 7.53. The number of halogens is 6. The smallest absolute Gasteiger partial charge is 0.368 e. The van der Waals surface area contributed by atoms with Crippen molar-refractivity contribution in [3.05, 3.63) is 36.7 Å². The first kappa shape index (κ1) is 26.7. The molecule has 0 spiro atoms. The summed E-state index contributed by atoms with van der Waals surface area (Å²) in [6.45, 7) is -1.39. The number of para-hydroxylation sites is 1. The second-order valence-electron chi connectivity index (χ2n) is 7.45. The number of nitrogens with one attached hydrogen (secondary N) is 1. The van der Waals surface area contributed by atoms with Gasteiger partial charge in [-0.1, -0.05) is 18.2 Å². The Balaban J connectivity index is 1.87. The van der Waals surface area contributed by atoms with E-state index in [1.165, 1.54) is 4.57 Å². The Morgan fingerprint density at radius 2 is 1.63 bits per heavy atom. The lowest BCUT2D eigenvalue weighted by atomic mass is 10.1. The number of imidazole rings is 1. The van der Waals surface area contributed by atoms with Crippen molar-refractivity contribution in [2.24, 2.45) is 0 Å². The molecule has 2 heterocycles. The normalized spacial score (nSPS) is 13.4. The molecule has 0 saturated carbocycles. The molecular formula is C18H19F6N6O4P. The maximum absolute atomic E-state index is 13.0. The third-order valence-electron chi connectivity index (χ3n) is 4.70. The van der Waals surface area contributed by atoms with Gasteiger partial charge in [0, 0.05) is 12.2 Å². The van der Waals surface area contributed by atoms with Gasteiger partial charge in [-0.15, -0.1) is 0 Å². The number of rotatable bonds is 9. The van der Waals surface area contributed by atoms with Crippen LogP contribution in [0, 0.1) is 0 Å². The van der Waals surface area contributed by atoms with Gasteiger partial charge in [-0.3, -0.25) is 4.57 Å². The minimum absolute atomic E-state index is 0.0629. The molecule has 0 bridgehead atoms. The molecule has 2 aromatic heterocycles. The van der Waals surface area contributed by atoms with Gasteiger partial charge < -0.3 is 30.1 Å². The standard InChI is InChI=1S/C18H19F6N6O4P/c19-17(20,21)8-16(35(31,32)33,9-18(22,23)24)34-7-6-30-10-26-12-13(28-15(25)29-14(12)30)27-11-4-2-1-3-5-11/h1-5,10H,6-9H2,(H2,31,32,33)(H3,25,27,28,29).